The molecular weight excluding hydrogens is 271 g/mol. The number of halogens is 1. The molecule has 0 fully saturated rings. The Morgan fingerprint density at radius 3 is 2.57 bits per heavy atom. The van der Waals surface area contributed by atoms with Crippen molar-refractivity contribution in [3.05, 3.63) is 29.6 Å². The van der Waals surface area contributed by atoms with Crippen LogP contribution in [-0.2, 0) is 11.3 Å². The minimum atomic E-state index is -0.402. The number of ether oxygens (including phenoxy) is 1. The Labute approximate surface area is 126 Å². The molecule has 0 heterocycles. The number of amides is 1. The van der Waals surface area contributed by atoms with Crippen molar-refractivity contribution >= 4 is 5.91 Å². The van der Waals surface area contributed by atoms with Crippen molar-refractivity contribution in [2.75, 3.05) is 20.7 Å². The molecule has 1 aromatic rings. The van der Waals surface area contributed by atoms with Crippen LogP contribution in [0.2, 0.25) is 0 Å². The molecule has 0 atom stereocenters. The molecule has 1 N–H and O–H groups in total. The number of hydrogen-bond donors (Lipinski definition) is 1. The molecule has 1 rings (SSSR count). The largest absolute Gasteiger partial charge is 0.490 e. The molecule has 0 aromatic heterocycles. The SMILES string of the molecule is CN(C)C(=O)CCOc1c(F)cccc1CNC(C)(C)C. The van der Waals surface area contributed by atoms with E-state index in [4.69, 9.17) is 4.74 Å². The lowest BCUT2D eigenvalue weighted by Crippen LogP contribution is -2.35. The van der Waals surface area contributed by atoms with Crippen molar-refractivity contribution < 1.29 is 13.9 Å². The second-order valence-electron chi connectivity index (χ2n) is 6.22. The van der Waals surface area contributed by atoms with E-state index in [0.29, 0.717) is 6.54 Å². The summed E-state index contributed by atoms with van der Waals surface area (Å²) in [7, 11) is 3.37. The van der Waals surface area contributed by atoms with Crippen LogP contribution in [0, 0.1) is 5.82 Å². The molecule has 0 saturated carbocycles. The van der Waals surface area contributed by atoms with Gasteiger partial charge in [-0.05, 0) is 26.8 Å². The highest BCUT2D eigenvalue weighted by Gasteiger charge is 2.14. The molecule has 5 heteroatoms. The smallest absolute Gasteiger partial charge is 0.225 e. The van der Waals surface area contributed by atoms with E-state index in [2.05, 4.69) is 5.32 Å². The minimum Gasteiger partial charge on any atom is -0.490 e. The highest BCUT2D eigenvalue weighted by molar-refractivity contribution is 5.75. The third-order valence-corrected chi connectivity index (χ3v) is 2.92. The maximum Gasteiger partial charge on any atom is 0.225 e. The Kier molecular flexibility index (Phi) is 6.15. The van der Waals surface area contributed by atoms with Crippen LogP contribution in [0.1, 0.15) is 32.8 Å². The third-order valence-electron chi connectivity index (χ3n) is 2.92. The topological polar surface area (TPSA) is 41.6 Å². The quantitative estimate of drug-likeness (QED) is 0.877. The van der Waals surface area contributed by atoms with Crippen LogP contribution in [0.5, 0.6) is 5.75 Å². The van der Waals surface area contributed by atoms with Gasteiger partial charge >= 0.3 is 0 Å². The number of para-hydroxylation sites is 1. The van der Waals surface area contributed by atoms with Crippen LogP contribution in [0.4, 0.5) is 4.39 Å². The molecule has 1 aromatic carbocycles. The molecule has 0 saturated heterocycles. The molecule has 0 unspecified atom stereocenters. The summed E-state index contributed by atoms with van der Waals surface area (Å²) in [6.45, 7) is 6.81. The number of carbonyl (C=O) groups excluding carboxylic acids is 1. The number of nitrogens with one attached hydrogen (secondary N) is 1. The Morgan fingerprint density at radius 1 is 1.33 bits per heavy atom. The van der Waals surface area contributed by atoms with Gasteiger partial charge in [0.25, 0.3) is 0 Å². The Hall–Kier alpha value is -1.62. The average molecular weight is 296 g/mol. The van der Waals surface area contributed by atoms with Crippen molar-refractivity contribution in [1.29, 1.82) is 0 Å². The molecule has 1 amide bonds. The van der Waals surface area contributed by atoms with Gasteiger partial charge in [0.2, 0.25) is 5.91 Å². The number of benzene rings is 1. The molecule has 0 aliphatic heterocycles. The fourth-order valence-electron chi connectivity index (χ4n) is 1.68. The third kappa shape index (κ3) is 6.12. The first kappa shape index (κ1) is 17.4. The van der Waals surface area contributed by atoms with Crippen LogP contribution in [0.15, 0.2) is 18.2 Å². The van der Waals surface area contributed by atoms with Crippen molar-refractivity contribution in [1.82, 2.24) is 10.2 Å². The van der Waals surface area contributed by atoms with Gasteiger partial charge in [0, 0.05) is 31.7 Å². The summed E-state index contributed by atoms with van der Waals surface area (Å²) in [6, 6.07) is 4.85. The van der Waals surface area contributed by atoms with E-state index in [9.17, 15) is 9.18 Å². The van der Waals surface area contributed by atoms with Crippen LogP contribution in [0.25, 0.3) is 0 Å². The monoisotopic (exact) mass is 296 g/mol. The van der Waals surface area contributed by atoms with Crippen LogP contribution < -0.4 is 10.1 Å². The van der Waals surface area contributed by atoms with E-state index in [0.717, 1.165) is 5.56 Å². The highest BCUT2D eigenvalue weighted by Crippen LogP contribution is 2.23. The molecule has 0 spiro atoms. The van der Waals surface area contributed by atoms with E-state index in [1.807, 2.05) is 26.8 Å². The van der Waals surface area contributed by atoms with Crippen molar-refractivity contribution in [3.8, 4) is 5.75 Å². The van der Waals surface area contributed by atoms with Crippen molar-refractivity contribution in [2.24, 2.45) is 0 Å². The number of carbonyl (C=O) groups is 1. The summed E-state index contributed by atoms with van der Waals surface area (Å²) in [5.74, 6) is -0.220. The maximum atomic E-state index is 13.9. The first-order valence-corrected chi connectivity index (χ1v) is 7.06. The van der Waals surface area contributed by atoms with Crippen LogP contribution in [0.3, 0.4) is 0 Å². The van der Waals surface area contributed by atoms with Crippen LogP contribution >= 0.6 is 0 Å². The Morgan fingerprint density at radius 2 is 2.00 bits per heavy atom. The highest BCUT2D eigenvalue weighted by atomic mass is 19.1. The van der Waals surface area contributed by atoms with Gasteiger partial charge in [-0.1, -0.05) is 12.1 Å². The number of rotatable bonds is 6. The lowest BCUT2D eigenvalue weighted by atomic mass is 10.1. The Balaban J connectivity index is 2.69. The standard InChI is InChI=1S/C16H25FN2O2/c1-16(2,3)18-11-12-7-6-8-13(17)15(12)21-10-9-14(20)19(4)5/h6-8,18H,9-11H2,1-5H3. The van der Waals surface area contributed by atoms with Gasteiger partial charge in [0.1, 0.15) is 0 Å². The number of hydrogen-bond acceptors (Lipinski definition) is 3. The summed E-state index contributed by atoms with van der Waals surface area (Å²) >= 11 is 0. The van der Waals surface area contributed by atoms with Gasteiger partial charge in [-0.2, -0.15) is 0 Å². The van der Waals surface area contributed by atoms with E-state index in [-0.39, 0.29) is 30.2 Å². The predicted molar refractivity (Wildman–Crippen MR) is 81.8 cm³/mol. The lowest BCUT2D eigenvalue weighted by molar-refractivity contribution is -0.129. The predicted octanol–water partition coefficient (Wildman–Crippen LogP) is 2.57. The molecule has 0 aliphatic carbocycles. The molecule has 0 aliphatic rings. The lowest BCUT2D eigenvalue weighted by Gasteiger charge is -2.22. The van der Waals surface area contributed by atoms with Gasteiger partial charge < -0.3 is 15.0 Å². The zero-order valence-electron chi connectivity index (χ0n) is 13.5. The first-order valence-electron chi connectivity index (χ1n) is 7.06. The summed E-state index contributed by atoms with van der Waals surface area (Å²) < 4.78 is 19.4. The first-order chi connectivity index (χ1) is 9.70. The molecule has 21 heavy (non-hydrogen) atoms. The second-order valence-corrected chi connectivity index (χ2v) is 6.22. The van der Waals surface area contributed by atoms with E-state index in [1.165, 1.54) is 11.0 Å². The van der Waals surface area contributed by atoms with E-state index in [1.54, 1.807) is 20.2 Å². The average Bonchev–Trinajstić information content (AvgIpc) is 2.37. The summed E-state index contributed by atoms with van der Waals surface area (Å²) in [5.41, 5.74) is 0.687. The molecule has 0 bridgehead atoms. The fraction of sp³-hybridized carbons (Fsp3) is 0.562. The second kappa shape index (κ2) is 7.41. The summed E-state index contributed by atoms with van der Waals surface area (Å²) in [6.07, 6.45) is 0.230. The van der Waals surface area contributed by atoms with Crippen LogP contribution in [-0.4, -0.2) is 37.0 Å². The molecule has 118 valence electrons. The molecule has 0 radical (unpaired) electrons. The summed E-state index contributed by atoms with van der Waals surface area (Å²) in [4.78, 5) is 13.0. The Bertz CT molecular complexity index is 482. The van der Waals surface area contributed by atoms with Gasteiger partial charge in [-0.25, -0.2) is 4.39 Å². The van der Waals surface area contributed by atoms with Gasteiger partial charge in [0.05, 0.1) is 13.0 Å². The van der Waals surface area contributed by atoms with Gasteiger partial charge in [-0.15, -0.1) is 0 Å². The van der Waals surface area contributed by atoms with Gasteiger partial charge in [0.15, 0.2) is 11.6 Å². The van der Waals surface area contributed by atoms with Gasteiger partial charge in [-0.3, -0.25) is 4.79 Å². The zero-order chi connectivity index (χ0) is 16.0. The molecular formula is C16H25FN2O2. The molecule has 4 nitrogen and oxygen atoms in total. The minimum absolute atomic E-state index is 0.0410. The van der Waals surface area contributed by atoms with E-state index >= 15 is 0 Å². The van der Waals surface area contributed by atoms with Crippen molar-refractivity contribution in [3.63, 3.8) is 0 Å². The fourth-order valence-corrected chi connectivity index (χ4v) is 1.68. The van der Waals surface area contributed by atoms with E-state index < -0.39 is 5.82 Å². The maximum absolute atomic E-state index is 13.9. The zero-order valence-corrected chi connectivity index (χ0v) is 13.5. The number of nitrogens with zero attached hydrogens (tertiary/aromatic N) is 1. The normalized spacial score (nSPS) is 11.3. The summed E-state index contributed by atoms with van der Waals surface area (Å²) in [5, 5.41) is 3.30. The van der Waals surface area contributed by atoms with Crippen molar-refractivity contribution in [2.45, 2.75) is 39.3 Å².